The molecule has 0 saturated heterocycles. The Balaban J connectivity index is 2.36. The summed E-state index contributed by atoms with van der Waals surface area (Å²) in [7, 11) is 0. The van der Waals surface area contributed by atoms with Crippen LogP contribution in [0.2, 0.25) is 0 Å². The van der Waals surface area contributed by atoms with Crippen LogP contribution in [0.15, 0.2) is 24.3 Å². The topological polar surface area (TPSA) is 60.8 Å². The van der Waals surface area contributed by atoms with Crippen molar-refractivity contribution in [2.45, 2.75) is 83.3 Å². The van der Waals surface area contributed by atoms with Crippen molar-refractivity contribution >= 4 is 5.97 Å². The van der Waals surface area contributed by atoms with Gasteiger partial charge in [-0.15, -0.1) is 0 Å². The molecule has 1 aromatic carbocycles. The predicted octanol–water partition coefficient (Wildman–Crippen LogP) is 4.00. The van der Waals surface area contributed by atoms with Crippen molar-refractivity contribution in [1.82, 2.24) is 4.90 Å². The van der Waals surface area contributed by atoms with Crippen LogP contribution in [0.4, 0.5) is 0 Å². The summed E-state index contributed by atoms with van der Waals surface area (Å²) >= 11 is 0. The monoisotopic (exact) mass is 361 g/mol. The number of aliphatic hydroxyl groups is 1. The third-order valence-corrected chi connectivity index (χ3v) is 6.29. The summed E-state index contributed by atoms with van der Waals surface area (Å²) in [5.41, 5.74) is 1.59. The molecule has 146 valence electrons. The molecule has 4 nitrogen and oxygen atoms in total. The van der Waals surface area contributed by atoms with E-state index < -0.39 is 17.5 Å². The van der Waals surface area contributed by atoms with E-state index in [1.54, 1.807) is 0 Å². The minimum atomic E-state index is -1.34. The first-order valence-corrected chi connectivity index (χ1v) is 10.2. The summed E-state index contributed by atoms with van der Waals surface area (Å²) in [5.74, 6) is -1.10. The van der Waals surface area contributed by atoms with Gasteiger partial charge in [0.25, 0.3) is 0 Å². The van der Waals surface area contributed by atoms with Crippen LogP contribution in [0.1, 0.15) is 70.4 Å². The highest BCUT2D eigenvalue weighted by Crippen LogP contribution is 2.45. The standard InChI is InChI=1S/C22H35NO3/c1-4-7-10-17-11-8-9-12-19(17)22(20(24)21(25)26)15-13-18(14-16-22)23(5-2)6-3/h8-9,11-12,18,20,24H,4-7,10,13-16H2,1-3H3,(H,25,26). The van der Waals surface area contributed by atoms with E-state index in [0.29, 0.717) is 6.04 Å². The van der Waals surface area contributed by atoms with E-state index in [1.165, 1.54) is 5.56 Å². The van der Waals surface area contributed by atoms with Crippen LogP contribution in [0.25, 0.3) is 0 Å². The van der Waals surface area contributed by atoms with Gasteiger partial charge >= 0.3 is 5.97 Å². The molecule has 1 atom stereocenters. The summed E-state index contributed by atoms with van der Waals surface area (Å²) in [4.78, 5) is 14.2. The Labute approximate surface area is 158 Å². The third-order valence-electron chi connectivity index (χ3n) is 6.29. The van der Waals surface area contributed by atoms with Gasteiger partial charge in [0, 0.05) is 11.5 Å². The Kier molecular flexibility index (Phi) is 7.66. The number of aryl methyl sites for hydroxylation is 1. The molecule has 2 rings (SSSR count). The van der Waals surface area contributed by atoms with E-state index in [2.05, 4.69) is 37.8 Å². The van der Waals surface area contributed by atoms with E-state index in [9.17, 15) is 15.0 Å². The van der Waals surface area contributed by atoms with E-state index in [4.69, 9.17) is 0 Å². The fourth-order valence-corrected chi connectivity index (χ4v) is 4.74. The lowest BCUT2D eigenvalue weighted by Crippen LogP contribution is -2.50. The second-order valence-corrected chi connectivity index (χ2v) is 7.61. The van der Waals surface area contributed by atoms with Crippen molar-refractivity contribution in [1.29, 1.82) is 0 Å². The molecule has 2 N–H and O–H groups in total. The molecule has 1 aromatic rings. The molecular formula is C22H35NO3. The van der Waals surface area contributed by atoms with Crippen LogP contribution in [0.5, 0.6) is 0 Å². The molecule has 0 heterocycles. The number of carboxylic acid groups (broad SMARTS) is 1. The van der Waals surface area contributed by atoms with Crippen molar-refractivity contribution in [2.75, 3.05) is 13.1 Å². The van der Waals surface area contributed by atoms with Gasteiger partial charge in [-0.1, -0.05) is 51.5 Å². The van der Waals surface area contributed by atoms with Crippen LogP contribution in [-0.4, -0.2) is 46.3 Å². The van der Waals surface area contributed by atoms with Crippen LogP contribution in [0.3, 0.4) is 0 Å². The number of nitrogens with zero attached hydrogens (tertiary/aromatic N) is 1. The van der Waals surface area contributed by atoms with E-state index in [1.807, 2.05) is 12.1 Å². The van der Waals surface area contributed by atoms with Crippen molar-refractivity contribution in [3.63, 3.8) is 0 Å². The van der Waals surface area contributed by atoms with Gasteiger partial charge in [0.05, 0.1) is 0 Å². The van der Waals surface area contributed by atoms with Crippen molar-refractivity contribution in [3.05, 3.63) is 35.4 Å². The number of hydrogen-bond donors (Lipinski definition) is 2. The number of carbonyl (C=O) groups is 1. The maximum atomic E-state index is 11.8. The maximum Gasteiger partial charge on any atom is 0.333 e. The number of aliphatic carboxylic acids is 1. The molecule has 1 aliphatic carbocycles. The number of rotatable bonds is 9. The average Bonchev–Trinajstić information content (AvgIpc) is 2.67. The molecular weight excluding hydrogens is 326 g/mol. The Morgan fingerprint density at radius 3 is 2.35 bits per heavy atom. The molecule has 0 aromatic heterocycles. The zero-order chi connectivity index (χ0) is 19.2. The molecule has 1 unspecified atom stereocenters. The Morgan fingerprint density at radius 2 is 1.81 bits per heavy atom. The number of hydrogen-bond acceptors (Lipinski definition) is 3. The van der Waals surface area contributed by atoms with Gasteiger partial charge < -0.3 is 15.1 Å². The smallest absolute Gasteiger partial charge is 0.333 e. The van der Waals surface area contributed by atoms with E-state index in [-0.39, 0.29) is 0 Å². The van der Waals surface area contributed by atoms with E-state index >= 15 is 0 Å². The van der Waals surface area contributed by atoms with Gasteiger partial charge in [-0.3, -0.25) is 0 Å². The molecule has 1 aliphatic rings. The van der Waals surface area contributed by atoms with Gasteiger partial charge in [0.1, 0.15) is 0 Å². The van der Waals surface area contributed by atoms with Gasteiger partial charge in [-0.25, -0.2) is 4.79 Å². The van der Waals surface area contributed by atoms with Crippen LogP contribution < -0.4 is 0 Å². The highest BCUT2D eigenvalue weighted by atomic mass is 16.4. The molecule has 0 radical (unpaired) electrons. The number of carboxylic acids is 1. The lowest BCUT2D eigenvalue weighted by atomic mass is 9.63. The molecule has 26 heavy (non-hydrogen) atoms. The number of aliphatic hydroxyl groups excluding tert-OH is 1. The second kappa shape index (κ2) is 9.52. The molecule has 0 aliphatic heterocycles. The Morgan fingerprint density at radius 1 is 1.19 bits per heavy atom. The van der Waals surface area contributed by atoms with Crippen LogP contribution in [-0.2, 0) is 16.6 Å². The van der Waals surface area contributed by atoms with Crippen molar-refractivity contribution in [2.24, 2.45) is 0 Å². The van der Waals surface area contributed by atoms with Gasteiger partial charge in [-0.05, 0) is 62.7 Å². The predicted molar refractivity (Wildman–Crippen MR) is 106 cm³/mol. The quantitative estimate of drug-likeness (QED) is 0.698. The largest absolute Gasteiger partial charge is 0.479 e. The summed E-state index contributed by atoms with van der Waals surface area (Å²) in [5, 5.41) is 20.4. The zero-order valence-corrected chi connectivity index (χ0v) is 16.6. The third kappa shape index (κ3) is 4.29. The molecule has 0 spiro atoms. The molecule has 1 saturated carbocycles. The lowest BCUT2D eigenvalue weighted by Gasteiger charge is -2.45. The highest BCUT2D eigenvalue weighted by molar-refractivity contribution is 5.75. The average molecular weight is 362 g/mol. The molecule has 0 bridgehead atoms. The normalized spacial score (nSPS) is 24.6. The number of benzene rings is 1. The SMILES string of the molecule is CCCCc1ccccc1C1(C(O)C(=O)O)CCC(N(CC)CC)CC1. The first kappa shape index (κ1) is 20.9. The Bertz CT molecular complexity index is 575. The summed E-state index contributed by atoms with van der Waals surface area (Å²) in [6.07, 6.45) is 5.12. The molecule has 4 heteroatoms. The van der Waals surface area contributed by atoms with Crippen molar-refractivity contribution in [3.8, 4) is 0 Å². The maximum absolute atomic E-state index is 11.8. The van der Waals surface area contributed by atoms with Crippen LogP contribution >= 0.6 is 0 Å². The number of unbranched alkanes of at least 4 members (excludes halogenated alkanes) is 1. The van der Waals surface area contributed by atoms with Crippen molar-refractivity contribution < 1.29 is 15.0 Å². The summed E-state index contributed by atoms with van der Waals surface area (Å²) in [6, 6.07) is 8.66. The summed E-state index contributed by atoms with van der Waals surface area (Å²) in [6.45, 7) is 8.56. The minimum Gasteiger partial charge on any atom is -0.479 e. The Hall–Kier alpha value is -1.39. The first-order valence-electron chi connectivity index (χ1n) is 10.2. The molecule has 0 amide bonds. The minimum absolute atomic E-state index is 0.488. The van der Waals surface area contributed by atoms with Gasteiger partial charge in [-0.2, -0.15) is 0 Å². The molecule has 1 fully saturated rings. The summed E-state index contributed by atoms with van der Waals surface area (Å²) < 4.78 is 0. The van der Waals surface area contributed by atoms with Gasteiger partial charge in [0.15, 0.2) is 6.10 Å². The second-order valence-electron chi connectivity index (χ2n) is 7.61. The highest BCUT2D eigenvalue weighted by Gasteiger charge is 2.47. The fourth-order valence-electron chi connectivity index (χ4n) is 4.74. The first-order chi connectivity index (χ1) is 12.5. The fraction of sp³-hybridized carbons (Fsp3) is 0.682. The van der Waals surface area contributed by atoms with Gasteiger partial charge in [0.2, 0.25) is 0 Å². The zero-order valence-electron chi connectivity index (χ0n) is 16.6. The van der Waals surface area contributed by atoms with Crippen LogP contribution in [0, 0.1) is 0 Å². The lowest BCUT2D eigenvalue weighted by molar-refractivity contribution is -0.152. The van der Waals surface area contributed by atoms with E-state index in [0.717, 1.165) is 63.6 Å².